The molecule has 1 heterocycles. The van der Waals surface area contributed by atoms with Gasteiger partial charge in [0.15, 0.2) is 0 Å². The zero-order chi connectivity index (χ0) is 24.2. The van der Waals surface area contributed by atoms with E-state index in [1.54, 1.807) is 6.07 Å². The van der Waals surface area contributed by atoms with Gasteiger partial charge in [0.05, 0.1) is 0 Å². The minimum atomic E-state index is 0.000309. The van der Waals surface area contributed by atoms with Crippen LogP contribution < -0.4 is 5.32 Å². The van der Waals surface area contributed by atoms with E-state index in [1.807, 2.05) is 60.7 Å². The second-order valence-electron chi connectivity index (χ2n) is 9.31. The number of fused-ring (bicyclic) bond motifs is 1. The Morgan fingerprint density at radius 3 is 2.37 bits per heavy atom. The molecule has 0 aliphatic carbocycles. The molecule has 0 saturated carbocycles. The summed E-state index contributed by atoms with van der Waals surface area (Å²) in [6.07, 6.45) is 2.71. The number of halogens is 2. The van der Waals surface area contributed by atoms with Crippen LogP contribution in [0.2, 0.25) is 10.0 Å². The van der Waals surface area contributed by atoms with Crippen molar-refractivity contribution in [2.24, 2.45) is 0 Å². The highest BCUT2D eigenvalue weighted by Crippen LogP contribution is 2.27. The van der Waals surface area contributed by atoms with Crippen LogP contribution in [0.3, 0.4) is 0 Å². The molecule has 0 radical (unpaired) electrons. The van der Waals surface area contributed by atoms with Gasteiger partial charge in [-0.2, -0.15) is 0 Å². The fourth-order valence-electron chi connectivity index (χ4n) is 5.16. The molecule has 5 rings (SSSR count). The van der Waals surface area contributed by atoms with Crippen molar-refractivity contribution in [1.82, 2.24) is 10.2 Å². The van der Waals surface area contributed by atoms with Gasteiger partial charge in [-0.05, 0) is 65.4 Å². The molecule has 35 heavy (non-hydrogen) atoms. The molecule has 0 spiro atoms. The van der Waals surface area contributed by atoms with E-state index in [0.29, 0.717) is 16.1 Å². The number of likely N-dealkylation sites (tertiary alicyclic amines) is 1. The number of nitrogens with zero attached hydrogens (tertiary/aromatic N) is 1. The molecule has 2 atom stereocenters. The first-order valence-corrected chi connectivity index (χ1v) is 12.8. The fourth-order valence-corrected chi connectivity index (χ4v) is 5.73. The largest absolute Gasteiger partial charge is 0.349 e. The van der Waals surface area contributed by atoms with Crippen molar-refractivity contribution in [1.29, 1.82) is 0 Å². The van der Waals surface area contributed by atoms with Gasteiger partial charge in [-0.15, -0.1) is 0 Å². The molecule has 5 heteroatoms. The Hall–Kier alpha value is -2.85. The van der Waals surface area contributed by atoms with Crippen molar-refractivity contribution >= 4 is 39.9 Å². The van der Waals surface area contributed by atoms with Crippen molar-refractivity contribution < 1.29 is 4.79 Å². The Balaban J connectivity index is 1.34. The van der Waals surface area contributed by atoms with Crippen LogP contribution in [0, 0.1) is 0 Å². The van der Waals surface area contributed by atoms with Crippen LogP contribution in [-0.4, -0.2) is 29.4 Å². The van der Waals surface area contributed by atoms with Crippen LogP contribution >= 0.6 is 23.2 Å². The standard InChI is InChI=1S/C30H28Cl2N2O/c31-24-15-22(16-25(32)18-24)20-34-14-13-26(19-27(34)17-21-7-2-1-3-8-21)33-30(35)29-12-6-10-23-9-4-5-11-28(23)29/h1-12,15-16,18,26-27H,13-14,17,19-20H2,(H,33,35). The number of benzene rings is 4. The van der Waals surface area contributed by atoms with Gasteiger partial charge in [-0.25, -0.2) is 0 Å². The summed E-state index contributed by atoms with van der Waals surface area (Å²) in [5, 5.41) is 6.72. The molecule has 2 unspecified atom stereocenters. The topological polar surface area (TPSA) is 32.3 Å². The summed E-state index contributed by atoms with van der Waals surface area (Å²) < 4.78 is 0. The fraction of sp³-hybridized carbons (Fsp3) is 0.233. The van der Waals surface area contributed by atoms with E-state index < -0.39 is 0 Å². The van der Waals surface area contributed by atoms with Crippen molar-refractivity contribution in [2.75, 3.05) is 6.54 Å². The van der Waals surface area contributed by atoms with Gasteiger partial charge in [-0.3, -0.25) is 9.69 Å². The lowest BCUT2D eigenvalue weighted by molar-refractivity contribution is 0.0848. The third-order valence-electron chi connectivity index (χ3n) is 6.83. The lowest BCUT2D eigenvalue weighted by Gasteiger charge is -2.40. The molecular formula is C30H28Cl2N2O. The maximum absolute atomic E-state index is 13.3. The summed E-state index contributed by atoms with van der Waals surface area (Å²) in [4.78, 5) is 15.8. The normalized spacial score (nSPS) is 18.5. The summed E-state index contributed by atoms with van der Waals surface area (Å²) in [7, 11) is 0. The molecule has 0 aromatic heterocycles. The SMILES string of the molecule is O=C(NC1CCN(Cc2cc(Cl)cc(Cl)c2)C(Cc2ccccc2)C1)c1cccc2ccccc12. The van der Waals surface area contributed by atoms with Crippen LogP contribution in [0.5, 0.6) is 0 Å². The van der Waals surface area contributed by atoms with Crippen LogP contribution in [0.15, 0.2) is 91.0 Å². The quantitative estimate of drug-likeness (QED) is 0.303. The molecule has 1 saturated heterocycles. The predicted molar refractivity (Wildman–Crippen MR) is 145 cm³/mol. The number of nitrogens with one attached hydrogen (secondary N) is 1. The third kappa shape index (κ3) is 5.87. The van der Waals surface area contributed by atoms with E-state index in [9.17, 15) is 4.79 Å². The van der Waals surface area contributed by atoms with E-state index >= 15 is 0 Å². The van der Waals surface area contributed by atoms with E-state index in [1.165, 1.54) is 5.56 Å². The number of piperidine rings is 1. The first-order valence-electron chi connectivity index (χ1n) is 12.1. The number of hydrogen-bond donors (Lipinski definition) is 1. The minimum Gasteiger partial charge on any atom is -0.349 e. The molecule has 0 bridgehead atoms. The van der Waals surface area contributed by atoms with Gasteiger partial charge in [0, 0.05) is 40.8 Å². The van der Waals surface area contributed by atoms with Gasteiger partial charge in [-0.1, -0.05) is 89.9 Å². The summed E-state index contributed by atoms with van der Waals surface area (Å²) in [5.74, 6) is 0.000309. The van der Waals surface area contributed by atoms with Crippen LogP contribution in [0.1, 0.15) is 34.3 Å². The zero-order valence-electron chi connectivity index (χ0n) is 19.5. The Bertz CT molecular complexity index is 1300. The number of carbonyl (C=O) groups excluding carboxylic acids is 1. The van der Waals surface area contributed by atoms with E-state index in [2.05, 4.69) is 34.5 Å². The Kier molecular flexibility index (Phi) is 7.38. The second-order valence-corrected chi connectivity index (χ2v) is 10.2. The smallest absolute Gasteiger partial charge is 0.252 e. The van der Waals surface area contributed by atoms with Gasteiger partial charge in [0.1, 0.15) is 0 Å². The first kappa shape index (κ1) is 23.9. The van der Waals surface area contributed by atoms with Crippen LogP contribution in [0.4, 0.5) is 0 Å². The summed E-state index contributed by atoms with van der Waals surface area (Å²) in [5.41, 5.74) is 3.14. The Morgan fingerprint density at radius 2 is 1.57 bits per heavy atom. The van der Waals surface area contributed by atoms with E-state index in [4.69, 9.17) is 23.2 Å². The summed E-state index contributed by atoms with van der Waals surface area (Å²) >= 11 is 12.5. The number of amides is 1. The zero-order valence-corrected chi connectivity index (χ0v) is 21.0. The highest BCUT2D eigenvalue weighted by Gasteiger charge is 2.30. The summed E-state index contributed by atoms with van der Waals surface area (Å²) in [6, 6.07) is 30.7. The molecule has 1 aliphatic heterocycles. The Morgan fingerprint density at radius 1 is 0.857 bits per heavy atom. The average molecular weight is 503 g/mol. The lowest BCUT2D eigenvalue weighted by atomic mass is 9.91. The average Bonchev–Trinajstić information content (AvgIpc) is 2.85. The highest BCUT2D eigenvalue weighted by atomic mass is 35.5. The van der Waals surface area contributed by atoms with E-state index in [0.717, 1.165) is 54.3 Å². The van der Waals surface area contributed by atoms with E-state index in [-0.39, 0.29) is 11.9 Å². The molecule has 3 nitrogen and oxygen atoms in total. The predicted octanol–water partition coefficient (Wildman–Crippen LogP) is 7.15. The Labute approximate surface area is 216 Å². The number of rotatable bonds is 6. The van der Waals surface area contributed by atoms with Crippen molar-refractivity contribution in [3.63, 3.8) is 0 Å². The van der Waals surface area contributed by atoms with Gasteiger partial charge >= 0.3 is 0 Å². The molecular weight excluding hydrogens is 475 g/mol. The minimum absolute atomic E-state index is 0.000309. The summed E-state index contributed by atoms with van der Waals surface area (Å²) in [6.45, 7) is 1.67. The first-order chi connectivity index (χ1) is 17.0. The maximum atomic E-state index is 13.3. The van der Waals surface area contributed by atoms with Crippen molar-refractivity contribution in [3.8, 4) is 0 Å². The van der Waals surface area contributed by atoms with Crippen molar-refractivity contribution in [3.05, 3.63) is 118 Å². The van der Waals surface area contributed by atoms with Gasteiger partial charge < -0.3 is 5.32 Å². The lowest BCUT2D eigenvalue weighted by Crippen LogP contribution is -2.50. The van der Waals surface area contributed by atoms with Gasteiger partial charge in [0.25, 0.3) is 5.91 Å². The van der Waals surface area contributed by atoms with Crippen molar-refractivity contribution in [2.45, 2.75) is 37.9 Å². The molecule has 1 aliphatic rings. The van der Waals surface area contributed by atoms with Gasteiger partial charge in [0.2, 0.25) is 0 Å². The number of hydrogen-bond acceptors (Lipinski definition) is 2. The molecule has 1 amide bonds. The highest BCUT2D eigenvalue weighted by molar-refractivity contribution is 6.34. The monoisotopic (exact) mass is 502 g/mol. The molecule has 4 aromatic rings. The molecule has 178 valence electrons. The third-order valence-corrected chi connectivity index (χ3v) is 7.27. The van der Waals surface area contributed by atoms with Crippen LogP contribution in [-0.2, 0) is 13.0 Å². The maximum Gasteiger partial charge on any atom is 0.252 e. The molecule has 1 fully saturated rings. The molecule has 4 aromatic carbocycles. The number of carbonyl (C=O) groups is 1. The molecule has 1 N–H and O–H groups in total. The van der Waals surface area contributed by atoms with Crippen LogP contribution in [0.25, 0.3) is 10.8 Å². The second kappa shape index (κ2) is 10.8.